The number of nitrogen functional groups attached to an aromatic ring is 8. The van der Waals surface area contributed by atoms with E-state index in [9.17, 15) is 36.7 Å². The number of halogens is 4. The first-order chi connectivity index (χ1) is 67.0. The average molecular weight is 1760 g/mol. The lowest BCUT2D eigenvalue weighted by Gasteiger charge is -2.19. The highest BCUT2D eigenvalue weighted by atomic mass is 19.1. The standard InChI is InChI=1S/3C21H23FN8O2.C20H21FN8O2/c3*1-11-6-7-14(22)12(9-11)10-27-19-13(5-4-8-26-19)15(23)20-28-17(24)16(18(25)29-20)30(2)21(31)32-3;1-29(20(30)31-2)15-16(23)27-19(28-17(15)24)14(22)12-7-5-9-25-18(12)26-10-11-6-3-4-8-13(11)21/h3*4-9,23H,10H2,1-3H3,(H,26,27)(H4,24,25,28,29);3-9,22H,10H2,1-2H3,(H,25,26)(H4,23,24,27,28)/i2*6D,7D,9D,10D2;6D,7D,9D;5D,7D,9D. The Morgan fingerprint density at radius 2 is 0.646 bits per heavy atom. The van der Waals surface area contributed by atoms with Crippen molar-refractivity contribution in [3.8, 4) is 0 Å². The van der Waals surface area contributed by atoms with Gasteiger partial charge >= 0.3 is 24.4 Å². The minimum absolute atomic E-state index is 0.0221. The van der Waals surface area contributed by atoms with Gasteiger partial charge in [0.05, 0.1) is 50.4 Å². The van der Waals surface area contributed by atoms with E-state index in [1.165, 1.54) is 124 Å². The molecule has 0 atom stereocenters. The number of anilines is 16. The van der Waals surface area contributed by atoms with Gasteiger partial charge in [-0.05, 0) is 93.4 Å². The number of hydrogen-bond acceptors (Lipinski definition) is 36. The van der Waals surface area contributed by atoms with Gasteiger partial charge in [0, 0.05) is 124 Å². The summed E-state index contributed by atoms with van der Waals surface area (Å²) in [6, 6.07) is 8.74. The summed E-state index contributed by atoms with van der Waals surface area (Å²) in [6.45, 7) is -1.72. The molecule has 127 heavy (non-hydrogen) atoms. The predicted molar refractivity (Wildman–Crippen MR) is 476 cm³/mol. The molecule has 0 saturated carbocycles. The lowest BCUT2D eigenvalue weighted by Crippen LogP contribution is -2.29. The van der Waals surface area contributed by atoms with Gasteiger partial charge in [-0.2, -0.15) is 0 Å². The van der Waals surface area contributed by atoms with Crippen molar-refractivity contribution in [3.63, 3.8) is 0 Å². The molecule has 0 radical (unpaired) electrons. The van der Waals surface area contributed by atoms with Crippen LogP contribution in [-0.4, -0.2) is 164 Å². The zero-order chi connectivity index (χ0) is 107. The maximum absolute atomic E-state index is 14.8. The monoisotopic (exact) mass is 1750 g/mol. The van der Waals surface area contributed by atoms with Gasteiger partial charge in [-0.15, -0.1) is 0 Å². The number of nitrogens with one attached hydrogen (secondary N) is 8. The number of nitrogens with two attached hydrogens (primary N) is 8. The van der Waals surface area contributed by atoms with Crippen LogP contribution in [0, 0.1) is 65.7 Å². The van der Waals surface area contributed by atoms with E-state index in [4.69, 9.17) is 89.4 Å². The highest BCUT2D eigenvalue weighted by Crippen LogP contribution is 2.34. The van der Waals surface area contributed by atoms with Gasteiger partial charge in [-0.3, -0.25) is 41.2 Å². The molecule has 40 nitrogen and oxygen atoms in total. The first-order valence-corrected chi connectivity index (χ1v) is 36.2. The van der Waals surface area contributed by atoms with Crippen LogP contribution in [0.25, 0.3) is 0 Å². The molecule has 0 unspecified atom stereocenters. The quantitative estimate of drug-likeness (QED) is 0.0152. The van der Waals surface area contributed by atoms with Crippen molar-refractivity contribution >= 4 is 140 Å². The second-order valence-corrected chi connectivity index (χ2v) is 25.6. The smallest absolute Gasteiger partial charge is 0.413 e. The summed E-state index contributed by atoms with van der Waals surface area (Å²) in [5.74, 6) is -7.29. The van der Waals surface area contributed by atoms with Crippen molar-refractivity contribution in [2.45, 2.75) is 46.9 Å². The zero-order valence-electron chi connectivity index (χ0n) is 85.0. The molecule has 12 rings (SSSR count). The second-order valence-electron chi connectivity index (χ2n) is 25.6. The maximum Gasteiger partial charge on any atom is 0.413 e. The number of aromatic nitrogens is 12. The molecule has 0 aliphatic heterocycles. The van der Waals surface area contributed by atoms with Crippen LogP contribution in [0.2, 0.25) is 0 Å². The van der Waals surface area contributed by atoms with Gasteiger partial charge in [-0.1, -0.05) is 71.1 Å². The highest BCUT2D eigenvalue weighted by molar-refractivity contribution is 6.15. The molecule has 0 bridgehead atoms. The molecule has 0 fully saturated rings. The van der Waals surface area contributed by atoms with Gasteiger partial charge in [0.15, 0.2) is 69.8 Å². The van der Waals surface area contributed by atoms with Crippen LogP contribution in [0.4, 0.5) is 129 Å². The number of pyridine rings is 4. The number of hydrogen-bond donors (Lipinski definition) is 16. The SMILES string of the molecule is [2H]c1c([2H])c(F)c(C([2H])([2H])Nc2ncccc2C(=N)c2nc(N)c(N(C)C(=O)OC)c(N)n2)c([2H])c1C.[2H]c1c([2H])c(F)c(C([2H])([2H])Nc2ncccc2C(=N)c2nc(N)c(N(C)C(=O)OC)c(N)n2)c([2H])c1C.[2H]c1c([2H])c(F)c(CNc2ncccc2C(=N)c2nc(N)c(N(C)C(=O)OC)c(N)n2)c([2H])c1C.[2H]c1nc(NCc2ccccc2F)c(C(=N)c2nc(N)c(N(C)C(=O)OC)c(N)n2)c([2H])c1[2H]. The van der Waals surface area contributed by atoms with E-state index in [0.717, 1.165) is 33.8 Å². The minimum atomic E-state index is -2.77. The van der Waals surface area contributed by atoms with Gasteiger partial charge in [-0.25, -0.2) is 96.5 Å². The molecule has 8 heterocycles. The summed E-state index contributed by atoms with van der Waals surface area (Å²) in [5.41, 5.74) is 44.8. The second kappa shape index (κ2) is 42.4. The Bertz CT molecular complexity index is 6730. The first-order valence-electron chi connectivity index (χ1n) is 44.2. The molecule has 0 saturated heterocycles. The molecule has 0 aliphatic rings. The number of nitrogens with zero attached hydrogens (tertiary/aromatic N) is 16. The molecule has 8 aromatic heterocycles. The van der Waals surface area contributed by atoms with Crippen molar-refractivity contribution in [1.29, 1.82) is 21.6 Å². The van der Waals surface area contributed by atoms with Gasteiger partial charge in [0.1, 0.15) is 92.1 Å². The van der Waals surface area contributed by atoms with Crippen molar-refractivity contribution in [3.05, 3.63) is 260 Å². The van der Waals surface area contributed by atoms with E-state index in [1.54, 1.807) is 18.2 Å². The zero-order valence-corrected chi connectivity index (χ0v) is 69.0. The summed E-state index contributed by atoms with van der Waals surface area (Å²) < 4.78 is 206. The fourth-order valence-electron chi connectivity index (χ4n) is 11.0. The number of carbonyl (C=O) groups excluding carboxylic acids is 4. The van der Waals surface area contributed by atoms with Crippen molar-refractivity contribution < 1.29 is 77.6 Å². The molecule has 0 aliphatic carbocycles. The van der Waals surface area contributed by atoms with Crippen LogP contribution in [0.1, 0.15) is 106 Å². The summed E-state index contributed by atoms with van der Waals surface area (Å²) in [5, 5.41) is 44.8. The number of rotatable bonds is 24. The largest absolute Gasteiger partial charge is 0.452 e. The van der Waals surface area contributed by atoms with Crippen LogP contribution in [0.5, 0.6) is 0 Å². The Balaban J connectivity index is 0.000000213. The van der Waals surface area contributed by atoms with Crippen LogP contribution in [0.3, 0.4) is 0 Å². The normalized spacial score (nSPS) is 12.5. The number of amides is 4. The van der Waals surface area contributed by atoms with Crippen LogP contribution in [0.15, 0.2) is 152 Å². The third kappa shape index (κ3) is 22.9. The maximum atomic E-state index is 14.8. The third-order valence-corrected chi connectivity index (χ3v) is 17.1. The predicted octanol–water partition coefficient (Wildman–Crippen LogP) is 10.5. The molecule has 44 heteroatoms. The van der Waals surface area contributed by atoms with Crippen LogP contribution >= 0.6 is 0 Å². The van der Waals surface area contributed by atoms with Crippen molar-refractivity contribution in [1.82, 2.24) is 59.8 Å². The molecule has 24 N–H and O–H groups in total. The Labute approximate surface area is 746 Å². The van der Waals surface area contributed by atoms with Gasteiger partial charge in [0.2, 0.25) is 0 Å². The third-order valence-electron chi connectivity index (χ3n) is 17.1. The van der Waals surface area contributed by atoms with E-state index in [0.29, 0.717) is 0 Å². The van der Waals surface area contributed by atoms with Crippen LogP contribution in [-0.2, 0) is 45.0 Å². The van der Waals surface area contributed by atoms with E-state index in [1.807, 2.05) is 0 Å². The lowest BCUT2D eigenvalue weighted by atomic mass is 10.1. The summed E-state index contributed by atoms with van der Waals surface area (Å²) >= 11 is 0. The average Bonchev–Trinajstić information content (AvgIpc) is 0.762. The lowest BCUT2D eigenvalue weighted by molar-refractivity contribution is 0.179. The number of methoxy groups -OCH3 is 4. The Hall–Kier alpha value is -17.1. The summed E-state index contributed by atoms with van der Waals surface area (Å²) in [6.07, 6.45) is 0.452. The van der Waals surface area contributed by atoms with Crippen molar-refractivity contribution in [2.24, 2.45) is 0 Å². The molecular weight excluding hydrogens is 1650 g/mol. The number of ether oxygens (including phenoxy) is 4. The summed E-state index contributed by atoms with van der Waals surface area (Å²) in [4.78, 5) is 99.9. The Kier molecular flexibility index (Phi) is 24.3. The minimum Gasteiger partial charge on any atom is -0.452 e. The Morgan fingerprint density at radius 3 is 0.961 bits per heavy atom. The first kappa shape index (κ1) is 72.7. The van der Waals surface area contributed by atoms with Crippen molar-refractivity contribution in [2.75, 3.05) is 143 Å². The molecule has 4 aromatic carbocycles. The van der Waals surface area contributed by atoms with E-state index < -0.39 is 138 Å². The fraction of sp³-hybridized carbons (Fsp3) is 0.181. The Morgan fingerprint density at radius 1 is 0.370 bits per heavy atom. The van der Waals surface area contributed by atoms with E-state index >= 15 is 0 Å². The molecule has 0 spiro atoms. The highest BCUT2D eigenvalue weighted by Gasteiger charge is 2.29. The van der Waals surface area contributed by atoms with Gasteiger partial charge in [0.25, 0.3) is 0 Å². The summed E-state index contributed by atoms with van der Waals surface area (Å²) in [7, 11) is 10.1. The number of carbonyl (C=O) groups is 4. The van der Waals surface area contributed by atoms with Crippen LogP contribution < -0.4 is 86.7 Å². The topological polar surface area (TPSA) is 625 Å². The van der Waals surface area contributed by atoms with E-state index in [-0.39, 0.29) is 208 Å². The molecule has 12 aromatic rings. The molecule has 658 valence electrons. The fourth-order valence-corrected chi connectivity index (χ4v) is 11.0. The van der Waals surface area contributed by atoms with E-state index in [2.05, 4.69) is 100 Å². The molecule has 4 amide bonds. The van der Waals surface area contributed by atoms with Gasteiger partial charge < -0.3 is 86.1 Å². The molecular formula is C83H90F4N32O8. The number of benzene rings is 4.